The lowest BCUT2D eigenvalue weighted by atomic mass is 10.1. The van der Waals surface area contributed by atoms with Crippen molar-refractivity contribution in [3.8, 4) is 0 Å². The number of benzene rings is 1. The molecule has 1 aromatic heterocycles. The number of amides is 1. The Bertz CT molecular complexity index is 656. The fourth-order valence-electron chi connectivity index (χ4n) is 3.02. The quantitative estimate of drug-likeness (QED) is 0.915. The third-order valence-electron chi connectivity index (χ3n) is 4.21. The van der Waals surface area contributed by atoms with Crippen LogP contribution in [0.15, 0.2) is 48.8 Å². The van der Waals surface area contributed by atoms with Crippen molar-refractivity contribution < 1.29 is 4.79 Å². The number of halogens is 1. The van der Waals surface area contributed by atoms with Gasteiger partial charge in [-0.3, -0.25) is 14.7 Å². The van der Waals surface area contributed by atoms with Gasteiger partial charge in [0.15, 0.2) is 0 Å². The van der Waals surface area contributed by atoms with E-state index in [2.05, 4.69) is 21.3 Å². The molecule has 5 heteroatoms. The Labute approximate surface area is 141 Å². The van der Waals surface area contributed by atoms with E-state index in [9.17, 15) is 4.79 Å². The molecule has 2 heterocycles. The van der Waals surface area contributed by atoms with Crippen LogP contribution >= 0.6 is 11.6 Å². The lowest BCUT2D eigenvalue weighted by Gasteiger charge is -2.28. The maximum absolute atomic E-state index is 12.3. The highest BCUT2D eigenvalue weighted by Crippen LogP contribution is 2.26. The van der Waals surface area contributed by atoms with Crippen LogP contribution in [0.2, 0.25) is 5.02 Å². The predicted octanol–water partition coefficient (Wildman–Crippen LogP) is 3.30. The van der Waals surface area contributed by atoms with Crippen molar-refractivity contribution in [3.05, 3.63) is 64.9 Å². The van der Waals surface area contributed by atoms with Gasteiger partial charge >= 0.3 is 0 Å². The van der Waals surface area contributed by atoms with Crippen LogP contribution in [0.4, 0.5) is 0 Å². The summed E-state index contributed by atoms with van der Waals surface area (Å²) in [6.45, 7) is 2.69. The van der Waals surface area contributed by atoms with Gasteiger partial charge in [-0.25, -0.2) is 0 Å². The molecule has 1 fully saturated rings. The van der Waals surface area contributed by atoms with E-state index in [4.69, 9.17) is 11.6 Å². The van der Waals surface area contributed by atoms with E-state index in [1.54, 1.807) is 24.5 Å². The van der Waals surface area contributed by atoms with Crippen molar-refractivity contribution in [2.75, 3.05) is 19.6 Å². The van der Waals surface area contributed by atoms with Gasteiger partial charge in [0.2, 0.25) is 0 Å². The molecule has 0 spiro atoms. The number of aromatic nitrogens is 1. The molecule has 23 heavy (non-hydrogen) atoms. The Balaban J connectivity index is 1.72. The van der Waals surface area contributed by atoms with E-state index in [-0.39, 0.29) is 11.9 Å². The molecule has 1 saturated heterocycles. The second-order valence-electron chi connectivity index (χ2n) is 5.76. The zero-order valence-electron chi connectivity index (χ0n) is 12.9. The van der Waals surface area contributed by atoms with Gasteiger partial charge in [-0.15, -0.1) is 0 Å². The molecule has 0 bridgehead atoms. The molecule has 1 N–H and O–H groups in total. The largest absolute Gasteiger partial charge is 0.350 e. The van der Waals surface area contributed by atoms with E-state index in [1.807, 2.05) is 18.2 Å². The summed E-state index contributed by atoms with van der Waals surface area (Å²) in [4.78, 5) is 18.6. The van der Waals surface area contributed by atoms with Crippen molar-refractivity contribution in [3.63, 3.8) is 0 Å². The number of likely N-dealkylation sites (tertiary alicyclic amines) is 1. The summed E-state index contributed by atoms with van der Waals surface area (Å²) >= 11 is 6.14. The maximum atomic E-state index is 12.3. The van der Waals surface area contributed by atoms with Crippen LogP contribution in [0.3, 0.4) is 0 Å². The number of nitrogens with zero attached hydrogens (tertiary/aromatic N) is 2. The number of rotatable bonds is 5. The minimum Gasteiger partial charge on any atom is -0.350 e. The molecule has 1 aromatic carbocycles. The summed E-state index contributed by atoms with van der Waals surface area (Å²) in [6, 6.07) is 11.5. The summed E-state index contributed by atoms with van der Waals surface area (Å²) < 4.78 is 0. The van der Waals surface area contributed by atoms with E-state index in [0.29, 0.717) is 12.1 Å². The number of carbonyl (C=O) groups excluding carboxylic acids is 1. The molecule has 2 aromatic rings. The van der Waals surface area contributed by atoms with Crippen molar-refractivity contribution in [2.45, 2.75) is 18.9 Å². The molecule has 1 aliphatic heterocycles. The average molecular weight is 330 g/mol. The summed E-state index contributed by atoms with van der Waals surface area (Å²) in [5, 5.41) is 3.77. The van der Waals surface area contributed by atoms with Crippen molar-refractivity contribution in [1.29, 1.82) is 0 Å². The molecular formula is C18H20ClN3O. The van der Waals surface area contributed by atoms with Gasteiger partial charge in [-0.05, 0) is 55.8 Å². The minimum absolute atomic E-state index is 0.0707. The predicted molar refractivity (Wildman–Crippen MR) is 91.6 cm³/mol. The van der Waals surface area contributed by atoms with Crippen LogP contribution in [0.5, 0.6) is 0 Å². The van der Waals surface area contributed by atoms with Crippen LogP contribution in [0.25, 0.3) is 0 Å². The summed E-state index contributed by atoms with van der Waals surface area (Å²) in [6.07, 6.45) is 5.67. The van der Waals surface area contributed by atoms with Crippen LogP contribution in [-0.4, -0.2) is 35.4 Å². The highest BCUT2D eigenvalue weighted by atomic mass is 35.5. The van der Waals surface area contributed by atoms with Crippen LogP contribution in [0, 0.1) is 0 Å². The molecule has 1 atom stereocenters. The summed E-state index contributed by atoms with van der Waals surface area (Å²) in [5.41, 5.74) is 1.78. The SMILES string of the molecule is O=C(NCC(c1cccc(Cl)c1)N1CCCC1)c1ccncc1. The highest BCUT2D eigenvalue weighted by Gasteiger charge is 2.24. The van der Waals surface area contributed by atoms with Gasteiger partial charge in [0, 0.05) is 29.5 Å². The summed E-state index contributed by atoms with van der Waals surface area (Å²) in [7, 11) is 0. The molecular weight excluding hydrogens is 310 g/mol. The maximum Gasteiger partial charge on any atom is 0.251 e. The fraction of sp³-hybridized carbons (Fsp3) is 0.333. The van der Waals surface area contributed by atoms with Gasteiger partial charge in [-0.2, -0.15) is 0 Å². The highest BCUT2D eigenvalue weighted by molar-refractivity contribution is 6.30. The average Bonchev–Trinajstić information content (AvgIpc) is 3.10. The zero-order valence-corrected chi connectivity index (χ0v) is 13.7. The molecule has 4 nitrogen and oxygen atoms in total. The second kappa shape index (κ2) is 7.57. The molecule has 0 radical (unpaired) electrons. The number of carbonyl (C=O) groups is 1. The van der Waals surface area contributed by atoms with E-state index in [0.717, 1.165) is 23.7 Å². The summed E-state index contributed by atoms with van der Waals surface area (Å²) in [5.74, 6) is -0.0707. The van der Waals surface area contributed by atoms with Crippen molar-refractivity contribution in [1.82, 2.24) is 15.2 Å². The van der Waals surface area contributed by atoms with E-state index < -0.39 is 0 Å². The van der Waals surface area contributed by atoms with Gasteiger partial charge in [-0.1, -0.05) is 23.7 Å². The van der Waals surface area contributed by atoms with Crippen LogP contribution in [0.1, 0.15) is 34.8 Å². The molecule has 1 amide bonds. The van der Waals surface area contributed by atoms with E-state index >= 15 is 0 Å². The number of hydrogen-bond acceptors (Lipinski definition) is 3. The lowest BCUT2D eigenvalue weighted by Crippen LogP contribution is -2.36. The lowest BCUT2D eigenvalue weighted by molar-refractivity contribution is 0.0938. The number of pyridine rings is 1. The molecule has 120 valence electrons. The molecule has 0 aliphatic carbocycles. The smallest absolute Gasteiger partial charge is 0.251 e. The zero-order chi connectivity index (χ0) is 16.1. The Hall–Kier alpha value is -1.91. The van der Waals surface area contributed by atoms with Crippen LogP contribution in [-0.2, 0) is 0 Å². The minimum atomic E-state index is -0.0707. The van der Waals surface area contributed by atoms with Crippen molar-refractivity contribution in [2.24, 2.45) is 0 Å². The number of nitrogens with one attached hydrogen (secondary N) is 1. The Morgan fingerprint density at radius 1 is 1.22 bits per heavy atom. The van der Waals surface area contributed by atoms with Gasteiger partial charge in [0.25, 0.3) is 5.91 Å². The molecule has 1 aliphatic rings. The molecule has 1 unspecified atom stereocenters. The van der Waals surface area contributed by atoms with Gasteiger partial charge in [0.1, 0.15) is 0 Å². The second-order valence-corrected chi connectivity index (χ2v) is 6.20. The first-order chi connectivity index (χ1) is 11.2. The Morgan fingerprint density at radius 2 is 1.96 bits per heavy atom. The molecule has 0 saturated carbocycles. The molecule has 3 rings (SSSR count). The normalized spacial score (nSPS) is 16.2. The third kappa shape index (κ3) is 4.09. The standard InChI is InChI=1S/C18H20ClN3O/c19-16-5-3-4-15(12-16)17(22-10-1-2-11-22)13-21-18(23)14-6-8-20-9-7-14/h3-9,12,17H,1-2,10-11,13H2,(H,21,23). The topological polar surface area (TPSA) is 45.2 Å². The first-order valence-corrected chi connectivity index (χ1v) is 8.29. The first kappa shape index (κ1) is 16.0. The first-order valence-electron chi connectivity index (χ1n) is 7.92. The van der Waals surface area contributed by atoms with Crippen LogP contribution < -0.4 is 5.32 Å². The number of hydrogen-bond donors (Lipinski definition) is 1. The van der Waals surface area contributed by atoms with E-state index in [1.165, 1.54) is 12.8 Å². The monoisotopic (exact) mass is 329 g/mol. The van der Waals surface area contributed by atoms with Gasteiger partial charge < -0.3 is 5.32 Å². The fourth-order valence-corrected chi connectivity index (χ4v) is 3.22. The Kier molecular flexibility index (Phi) is 5.26. The van der Waals surface area contributed by atoms with Crippen molar-refractivity contribution >= 4 is 17.5 Å². The third-order valence-corrected chi connectivity index (χ3v) is 4.45. The Morgan fingerprint density at radius 3 is 2.65 bits per heavy atom. The van der Waals surface area contributed by atoms with Gasteiger partial charge in [0.05, 0.1) is 6.04 Å².